The number of thiophene rings is 1. The number of ether oxygens (including phenoxy) is 1. The minimum atomic E-state index is -0.357. The number of benzene rings is 1. The summed E-state index contributed by atoms with van der Waals surface area (Å²) in [6, 6.07) is 7.66. The number of hydrogen-bond donors (Lipinski definition) is 1. The Balaban J connectivity index is 1.68. The molecular formula is C20H20N2O3S2. The minimum absolute atomic E-state index is 0.284. The molecule has 1 aliphatic carbocycles. The van der Waals surface area contributed by atoms with Crippen LogP contribution in [0.1, 0.15) is 50.9 Å². The number of thiazole rings is 1. The van der Waals surface area contributed by atoms with E-state index in [1.54, 1.807) is 6.92 Å². The van der Waals surface area contributed by atoms with Crippen LogP contribution in [0.3, 0.4) is 0 Å². The Morgan fingerprint density at radius 1 is 1.30 bits per heavy atom. The number of nitrogens with zero attached hydrogens (tertiary/aromatic N) is 1. The van der Waals surface area contributed by atoms with E-state index in [-0.39, 0.29) is 11.9 Å². The number of hydrogen-bond acceptors (Lipinski definition) is 6. The van der Waals surface area contributed by atoms with Crippen molar-refractivity contribution in [2.75, 3.05) is 11.9 Å². The van der Waals surface area contributed by atoms with E-state index in [2.05, 4.69) is 17.2 Å². The van der Waals surface area contributed by atoms with Crippen molar-refractivity contribution >= 4 is 49.8 Å². The summed E-state index contributed by atoms with van der Waals surface area (Å²) in [6.45, 7) is 4.31. The normalized spacial score (nSPS) is 16.1. The molecule has 1 aliphatic rings. The number of carbonyl (C=O) groups is 2. The number of rotatable bonds is 4. The molecule has 0 saturated heterocycles. The molecule has 1 aromatic carbocycles. The highest BCUT2D eigenvalue weighted by atomic mass is 32.1. The van der Waals surface area contributed by atoms with Crippen LogP contribution in [0.4, 0.5) is 5.00 Å². The molecule has 0 saturated carbocycles. The first-order valence-electron chi connectivity index (χ1n) is 9.05. The maximum atomic E-state index is 12.8. The van der Waals surface area contributed by atoms with E-state index < -0.39 is 0 Å². The van der Waals surface area contributed by atoms with Gasteiger partial charge < -0.3 is 10.1 Å². The summed E-state index contributed by atoms with van der Waals surface area (Å²) in [4.78, 5) is 30.9. The summed E-state index contributed by atoms with van der Waals surface area (Å²) in [7, 11) is 0. The highest BCUT2D eigenvalue weighted by Gasteiger charge is 2.29. The van der Waals surface area contributed by atoms with Gasteiger partial charge in [0.15, 0.2) is 5.01 Å². The van der Waals surface area contributed by atoms with Crippen LogP contribution < -0.4 is 5.32 Å². The van der Waals surface area contributed by atoms with Gasteiger partial charge in [-0.3, -0.25) is 4.79 Å². The summed E-state index contributed by atoms with van der Waals surface area (Å²) in [5.74, 6) is -0.0587. The quantitative estimate of drug-likeness (QED) is 0.632. The van der Waals surface area contributed by atoms with Gasteiger partial charge in [0.2, 0.25) is 0 Å². The van der Waals surface area contributed by atoms with Crippen LogP contribution in [0.15, 0.2) is 24.3 Å². The van der Waals surface area contributed by atoms with Crippen LogP contribution in [0.2, 0.25) is 0 Å². The molecule has 1 unspecified atom stereocenters. The second-order valence-corrected chi connectivity index (χ2v) is 8.85. The fourth-order valence-electron chi connectivity index (χ4n) is 3.38. The lowest BCUT2D eigenvalue weighted by Gasteiger charge is -2.18. The van der Waals surface area contributed by atoms with Gasteiger partial charge in [-0.25, -0.2) is 9.78 Å². The predicted molar refractivity (Wildman–Crippen MR) is 109 cm³/mol. The van der Waals surface area contributed by atoms with E-state index in [0.29, 0.717) is 28.1 Å². The molecule has 4 rings (SSSR count). The van der Waals surface area contributed by atoms with Crippen LogP contribution in [-0.2, 0) is 17.6 Å². The van der Waals surface area contributed by atoms with Gasteiger partial charge >= 0.3 is 5.97 Å². The zero-order chi connectivity index (χ0) is 19.0. The van der Waals surface area contributed by atoms with Crippen molar-refractivity contribution in [1.82, 2.24) is 4.98 Å². The Morgan fingerprint density at radius 3 is 2.89 bits per heavy atom. The summed E-state index contributed by atoms with van der Waals surface area (Å²) in [6.07, 6.45) is 2.82. The number of aromatic nitrogens is 1. The van der Waals surface area contributed by atoms with Crippen molar-refractivity contribution in [2.24, 2.45) is 5.92 Å². The first kappa shape index (κ1) is 18.1. The molecule has 1 N–H and O–H groups in total. The molecule has 7 heteroatoms. The lowest BCUT2D eigenvalue weighted by atomic mass is 9.88. The average Bonchev–Trinajstić information content (AvgIpc) is 3.22. The zero-order valence-electron chi connectivity index (χ0n) is 15.2. The average molecular weight is 401 g/mol. The topological polar surface area (TPSA) is 68.3 Å². The van der Waals surface area contributed by atoms with Crippen LogP contribution in [0, 0.1) is 5.92 Å². The van der Waals surface area contributed by atoms with Gasteiger partial charge in [0, 0.05) is 4.88 Å². The summed E-state index contributed by atoms with van der Waals surface area (Å²) in [5, 5.41) is 3.90. The number of nitrogens with one attached hydrogen (secondary N) is 1. The number of fused-ring (bicyclic) bond motifs is 2. The fraction of sp³-hybridized carbons (Fsp3) is 0.350. The largest absolute Gasteiger partial charge is 0.462 e. The van der Waals surface area contributed by atoms with Crippen molar-refractivity contribution in [1.29, 1.82) is 0 Å². The molecule has 2 aromatic heterocycles. The van der Waals surface area contributed by atoms with Crippen molar-refractivity contribution in [3.63, 3.8) is 0 Å². The molecule has 0 aliphatic heterocycles. The van der Waals surface area contributed by atoms with E-state index in [1.807, 2.05) is 24.3 Å². The predicted octanol–water partition coefficient (Wildman–Crippen LogP) is 4.91. The Bertz CT molecular complexity index is 989. The van der Waals surface area contributed by atoms with Gasteiger partial charge in [0.25, 0.3) is 5.91 Å². The number of esters is 1. The number of amides is 1. The van der Waals surface area contributed by atoms with Gasteiger partial charge in [-0.2, -0.15) is 0 Å². The monoisotopic (exact) mass is 400 g/mol. The van der Waals surface area contributed by atoms with Crippen LogP contribution in [-0.4, -0.2) is 23.5 Å². The van der Waals surface area contributed by atoms with Crippen molar-refractivity contribution in [2.45, 2.75) is 33.1 Å². The Kier molecular flexibility index (Phi) is 4.97. The maximum Gasteiger partial charge on any atom is 0.341 e. The van der Waals surface area contributed by atoms with E-state index in [4.69, 9.17) is 4.74 Å². The van der Waals surface area contributed by atoms with Crippen molar-refractivity contribution < 1.29 is 14.3 Å². The lowest BCUT2D eigenvalue weighted by molar-refractivity contribution is 0.0526. The molecule has 3 aromatic rings. The SMILES string of the molecule is CCOC(=O)c1c(NC(=O)c2nc3ccccc3s2)sc2c1CCC(C)C2. The van der Waals surface area contributed by atoms with Gasteiger partial charge in [0.05, 0.1) is 22.4 Å². The molecular weight excluding hydrogens is 380 g/mol. The summed E-state index contributed by atoms with van der Waals surface area (Å²) in [5.41, 5.74) is 2.37. The Labute approximate surface area is 165 Å². The van der Waals surface area contributed by atoms with E-state index in [1.165, 1.54) is 27.6 Å². The van der Waals surface area contributed by atoms with Gasteiger partial charge in [-0.05, 0) is 49.8 Å². The van der Waals surface area contributed by atoms with Crippen molar-refractivity contribution in [3.8, 4) is 0 Å². The van der Waals surface area contributed by atoms with Gasteiger partial charge in [0.1, 0.15) is 5.00 Å². The lowest BCUT2D eigenvalue weighted by Crippen LogP contribution is -2.16. The zero-order valence-corrected chi connectivity index (χ0v) is 16.8. The third kappa shape index (κ3) is 3.49. The molecule has 0 radical (unpaired) electrons. The summed E-state index contributed by atoms with van der Waals surface area (Å²) < 4.78 is 6.22. The maximum absolute atomic E-state index is 12.8. The number of anilines is 1. The third-order valence-corrected chi connectivity index (χ3v) is 6.91. The molecule has 0 bridgehead atoms. The molecule has 0 spiro atoms. The molecule has 1 amide bonds. The molecule has 0 fully saturated rings. The minimum Gasteiger partial charge on any atom is -0.462 e. The van der Waals surface area contributed by atoms with Gasteiger partial charge in [-0.1, -0.05) is 19.1 Å². The summed E-state index contributed by atoms with van der Waals surface area (Å²) >= 11 is 2.84. The fourth-order valence-corrected chi connectivity index (χ4v) is 5.64. The second-order valence-electron chi connectivity index (χ2n) is 6.72. The molecule has 27 heavy (non-hydrogen) atoms. The molecule has 1 atom stereocenters. The van der Waals surface area contributed by atoms with E-state index >= 15 is 0 Å². The highest BCUT2D eigenvalue weighted by Crippen LogP contribution is 2.40. The van der Waals surface area contributed by atoms with Gasteiger partial charge in [-0.15, -0.1) is 22.7 Å². The highest BCUT2D eigenvalue weighted by molar-refractivity contribution is 7.20. The smallest absolute Gasteiger partial charge is 0.341 e. The third-order valence-electron chi connectivity index (χ3n) is 4.71. The number of para-hydroxylation sites is 1. The van der Waals surface area contributed by atoms with Crippen molar-refractivity contribution in [3.05, 3.63) is 45.3 Å². The Morgan fingerprint density at radius 2 is 2.11 bits per heavy atom. The van der Waals surface area contributed by atoms with Crippen LogP contribution in [0.25, 0.3) is 10.2 Å². The Hall–Kier alpha value is -2.25. The second kappa shape index (κ2) is 7.40. The number of carbonyl (C=O) groups excluding carboxylic acids is 2. The van der Waals surface area contributed by atoms with E-state index in [9.17, 15) is 9.59 Å². The first-order chi connectivity index (χ1) is 13.1. The molecule has 5 nitrogen and oxygen atoms in total. The first-order valence-corrected chi connectivity index (χ1v) is 10.7. The van der Waals surface area contributed by atoms with Crippen LogP contribution in [0.5, 0.6) is 0 Å². The van der Waals surface area contributed by atoms with Crippen LogP contribution >= 0.6 is 22.7 Å². The standard InChI is InChI=1S/C20H20N2O3S2/c1-3-25-20(24)16-12-9-8-11(2)10-15(12)27-18(16)22-17(23)19-21-13-6-4-5-7-14(13)26-19/h4-7,11H,3,8-10H2,1-2H3,(H,22,23). The van der Waals surface area contributed by atoms with E-state index in [0.717, 1.165) is 35.0 Å². The molecule has 140 valence electrons. The molecule has 2 heterocycles.